The predicted molar refractivity (Wildman–Crippen MR) is 88.5 cm³/mol. The molecule has 1 aromatic heterocycles. The van der Waals surface area contributed by atoms with Crippen LogP contribution in [-0.2, 0) is 12.8 Å². The van der Waals surface area contributed by atoms with Crippen LogP contribution < -0.4 is 4.90 Å². The second-order valence-electron chi connectivity index (χ2n) is 5.70. The molecule has 0 saturated carbocycles. The van der Waals surface area contributed by atoms with Crippen molar-refractivity contribution in [3.8, 4) is 11.3 Å². The fourth-order valence-corrected chi connectivity index (χ4v) is 3.07. The van der Waals surface area contributed by atoms with E-state index in [0.29, 0.717) is 5.69 Å². The average molecular weight is 304 g/mol. The molecule has 23 heavy (non-hydrogen) atoms. The summed E-state index contributed by atoms with van der Waals surface area (Å²) in [5.41, 5.74) is 4.46. The minimum Gasteiger partial charge on any atom is -0.355 e. The van der Waals surface area contributed by atoms with E-state index >= 15 is 0 Å². The van der Waals surface area contributed by atoms with Crippen LogP contribution in [0.1, 0.15) is 21.6 Å². The van der Waals surface area contributed by atoms with Gasteiger partial charge in [-0.05, 0) is 30.5 Å². The summed E-state index contributed by atoms with van der Waals surface area (Å²) >= 11 is 0. The lowest BCUT2D eigenvalue weighted by molar-refractivity contribution is 0.0983. The van der Waals surface area contributed by atoms with Crippen LogP contribution in [0.25, 0.3) is 11.3 Å². The quantitative estimate of drug-likeness (QED) is 0.725. The zero-order valence-corrected chi connectivity index (χ0v) is 12.8. The highest BCUT2D eigenvalue weighted by atomic mass is 16.5. The number of aromatic nitrogens is 1. The lowest BCUT2D eigenvalue weighted by Crippen LogP contribution is -2.27. The molecule has 0 saturated heterocycles. The number of carbonyl (C=O) groups is 1. The van der Waals surface area contributed by atoms with Crippen LogP contribution in [0.5, 0.6) is 0 Å². The molecular formula is C19H16N2O2. The first-order chi connectivity index (χ1) is 11.3. The maximum Gasteiger partial charge on any atom is 0.280 e. The van der Waals surface area contributed by atoms with Gasteiger partial charge in [0.05, 0.1) is 0 Å². The van der Waals surface area contributed by atoms with Gasteiger partial charge in [0.25, 0.3) is 5.91 Å². The third-order valence-corrected chi connectivity index (χ3v) is 4.35. The van der Waals surface area contributed by atoms with Crippen molar-refractivity contribution in [1.29, 1.82) is 0 Å². The van der Waals surface area contributed by atoms with Crippen molar-refractivity contribution in [2.45, 2.75) is 12.8 Å². The molecule has 0 radical (unpaired) electrons. The number of hydrogen-bond donors (Lipinski definition) is 0. The van der Waals surface area contributed by atoms with E-state index < -0.39 is 0 Å². The maximum absolute atomic E-state index is 12.8. The van der Waals surface area contributed by atoms with Crippen molar-refractivity contribution in [3.63, 3.8) is 0 Å². The topological polar surface area (TPSA) is 46.3 Å². The number of para-hydroxylation sites is 1. The highest BCUT2D eigenvalue weighted by molar-refractivity contribution is 6.06. The summed E-state index contributed by atoms with van der Waals surface area (Å²) in [6, 6.07) is 17.7. The standard InChI is InChI=1S/C19H16N2O2/c1-21(14-8-3-2-4-9-14)19(22)17-16-12-11-13-7-5-6-10-15(13)18(16)23-20-17/h2-10H,11-12H2,1H3. The van der Waals surface area contributed by atoms with Gasteiger partial charge in [0.15, 0.2) is 11.5 Å². The molecule has 4 nitrogen and oxygen atoms in total. The molecule has 0 bridgehead atoms. The van der Waals surface area contributed by atoms with E-state index in [9.17, 15) is 4.79 Å². The van der Waals surface area contributed by atoms with Crippen molar-refractivity contribution < 1.29 is 9.32 Å². The number of fused-ring (bicyclic) bond motifs is 3. The number of aryl methyl sites for hydroxylation is 1. The van der Waals surface area contributed by atoms with E-state index in [-0.39, 0.29) is 5.91 Å². The lowest BCUT2D eigenvalue weighted by atomic mass is 9.89. The molecule has 114 valence electrons. The number of hydrogen-bond acceptors (Lipinski definition) is 3. The van der Waals surface area contributed by atoms with E-state index in [4.69, 9.17) is 4.52 Å². The third kappa shape index (κ3) is 2.23. The van der Waals surface area contributed by atoms with Gasteiger partial charge >= 0.3 is 0 Å². The van der Waals surface area contributed by atoms with Crippen LogP contribution in [0, 0.1) is 0 Å². The van der Waals surface area contributed by atoms with E-state index in [2.05, 4.69) is 11.2 Å². The Kier molecular flexibility index (Phi) is 3.23. The molecule has 2 aromatic carbocycles. The highest BCUT2D eigenvalue weighted by Gasteiger charge is 2.29. The normalized spacial score (nSPS) is 12.4. The smallest absolute Gasteiger partial charge is 0.280 e. The Morgan fingerprint density at radius 3 is 2.61 bits per heavy atom. The van der Waals surface area contributed by atoms with Gasteiger partial charge in [0.1, 0.15) is 0 Å². The molecule has 0 fully saturated rings. The summed E-state index contributed by atoms with van der Waals surface area (Å²) in [7, 11) is 1.76. The first-order valence-electron chi connectivity index (χ1n) is 7.65. The first kappa shape index (κ1) is 13.8. The Labute approximate surface area is 134 Å². The number of benzene rings is 2. The van der Waals surface area contributed by atoms with Crippen LogP contribution in [0.15, 0.2) is 59.1 Å². The van der Waals surface area contributed by atoms with Crippen molar-refractivity contribution >= 4 is 11.6 Å². The monoisotopic (exact) mass is 304 g/mol. The molecule has 1 aliphatic rings. The number of amides is 1. The zero-order chi connectivity index (χ0) is 15.8. The van der Waals surface area contributed by atoms with Gasteiger partial charge in [-0.25, -0.2) is 0 Å². The van der Waals surface area contributed by atoms with Crippen molar-refractivity contribution in [3.05, 3.63) is 71.4 Å². The van der Waals surface area contributed by atoms with Crippen LogP contribution in [0.2, 0.25) is 0 Å². The Balaban J connectivity index is 1.73. The second-order valence-corrected chi connectivity index (χ2v) is 5.70. The fourth-order valence-electron chi connectivity index (χ4n) is 3.07. The largest absolute Gasteiger partial charge is 0.355 e. The molecule has 0 atom stereocenters. The van der Waals surface area contributed by atoms with E-state index in [1.54, 1.807) is 11.9 Å². The molecule has 0 N–H and O–H groups in total. The van der Waals surface area contributed by atoms with Gasteiger partial charge < -0.3 is 9.42 Å². The Morgan fingerprint density at radius 2 is 1.78 bits per heavy atom. The molecule has 1 amide bonds. The van der Waals surface area contributed by atoms with Crippen LogP contribution in [-0.4, -0.2) is 18.1 Å². The summed E-state index contributed by atoms with van der Waals surface area (Å²) in [6.45, 7) is 0. The summed E-state index contributed by atoms with van der Waals surface area (Å²) in [5, 5.41) is 4.08. The SMILES string of the molecule is CN(C(=O)c1noc2c1CCc1ccccc1-2)c1ccccc1. The van der Waals surface area contributed by atoms with Crippen molar-refractivity contribution in [1.82, 2.24) is 5.16 Å². The van der Waals surface area contributed by atoms with Crippen molar-refractivity contribution in [2.24, 2.45) is 0 Å². The Morgan fingerprint density at radius 1 is 1.04 bits per heavy atom. The number of nitrogens with zero attached hydrogens (tertiary/aromatic N) is 2. The predicted octanol–water partition coefficient (Wildman–Crippen LogP) is 3.72. The van der Waals surface area contributed by atoms with Gasteiger partial charge in [0.2, 0.25) is 0 Å². The molecule has 0 spiro atoms. The van der Waals surface area contributed by atoms with Crippen LogP contribution in [0.4, 0.5) is 5.69 Å². The van der Waals surface area contributed by atoms with Gasteiger partial charge in [-0.3, -0.25) is 4.79 Å². The second kappa shape index (κ2) is 5.39. The first-order valence-corrected chi connectivity index (χ1v) is 7.65. The van der Waals surface area contributed by atoms with Gasteiger partial charge in [-0.1, -0.05) is 47.6 Å². The molecule has 4 heteroatoms. The minimum absolute atomic E-state index is 0.138. The average Bonchev–Trinajstić information content (AvgIpc) is 3.05. The Hall–Kier alpha value is -2.88. The van der Waals surface area contributed by atoms with Crippen molar-refractivity contribution in [2.75, 3.05) is 11.9 Å². The minimum atomic E-state index is -0.138. The molecule has 3 aromatic rings. The molecule has 1 aliphatic carbocycles. The summed E-state index contributed by atoms with van der Waals surface area (Å²) in [6.07, 6.45) is 1.68. The number of carbonyl (C=O) groups excluding carboxylic acids is 1. The van der Waals surface area contributed by atoms with E-state index in [1.165, 1.54) is 5.56 Å². The summed E-state index contributed by atoms with van der Waals surface area (Å²) in [5.74, 6) is 0.595. The molecule has 0 unspecified atom stereocenters. The Bertz CT molecular complexity index is 868. The van der Waals surface area contributed by atoms with E-state index in [0.717, 1.165) is 35.4 Å². The third-order valence-electron chi connectivity index (χ3n) is 4.35. The van der Waals surface area contributed by atoms with Gasteiger partial charge in [-0.2, -0.15) is 0 Å². The molecular weight excluding hydrogens is 288 g/mol. The van der Waals surface area contributed by atoms with Crippen LogP contribution in [0.3, 0.4) is 0 Å². The summed E-state index contributed by atoms with van der Waals surface area (Å²) in [4.78, 5) is 14.4. The maximum atomic E-state index is 12.8. The molecule has 0 aliphatic heterocycles. The summed E-state index contributed by atoms with van der Waals surface area (Å²) < 4.78 is 5.52. The van der Waals surface area contributed by atoms with Gasteiger partial charge in [0, 0.05) is 23.9 Å². The van der Waals surface area contributed by atoms with Crippen LogP contribution >= 0.6 is 0 Å². The lowest BCUT2D eigenvalue weighted by Gasteiger charge is -2.18. The molecule has 4 rings (SSSR count). The number of rotatable bonds is 2. The fraction of sp³-hybridized carbons (Fsp3) is 0.158. The van der Waals surface area contributed by atoms with E-state index in [1.807, 2.05) is 48.5 Å². The number of anilines is 1. The highest BCUT2D eigenvalue weighted by Crippen LogP contribution is 2.35. The zero-order valence-electron chi connectivity index (χ0n) is 12.8. The molecule has 1 heterocycles. The van der Waals surface area contributed by atoms with Gasteiger partial charge in [-0.15, -0.1) is 0 Å².